The summed E-state index contributed by atoms with van der Waals surface area (Å²) in [6, 6.07) is 0. The molecule has 0 aromatic rings. The van der Waals surface area contributed by atoms with Gasteiger partial charge in [-0.05, 0) is 38.0 Å². The molecule has 1 saturated carbocycles. The van der Waals surface area contributed by atoms with Crippen molar-refractivity contribution in [3.05, 3.63) is 12.2 Å². The third-order valence-corrected chi connectivity index (χ3v) is 4.37. The minimum atomic E-state index is 0.930. The molecule has 0 amide bonds. The Morgan fingerprint density at radius 3 is 2.06 bits per heavy atom. The predicted molar refractivity (Wildman–Crippen MR) is 81.8 cm³/mol. The van der Waals surface area contributed by atoms with Gasteiger partial charge in [0.05, 0.1) is 0 Å². The Hall–Kier alpha value is 0.220. The molecule has 0 unspecified atom stereocenters. The van der Waals surface area contributed by atoms with Gasteiger partial charge in [-0.15, -0.1) is 0 Å². The minimum absolute atomic E-state index is 0.930. The number of halogens is 1. The van der Waals surface area contributed by atoms with Crippen LogP contribution in [0, 0.1) is 5.92 Å². The largest absolute Gasteiger partial charge is 0.0928 e. The van der Waals surface area contributed by atoms with E-state index in [2.05, 4.69) is 28.1 Å². The van der Waals surface area contributed by atoms with Crippen LogP contribution >= 0.6 is 15.9 Å². The van der Waals surface area contributed by atoms with Crippen molar-refractivity contribution in [2.75, 3.05) is 5.33 Å². The van der Waals surface area contributed by atoms with Gasteiger partial charge < -0.3 is 0 Å². The van der Waals surface area contributed by atoms with Gasteiger partial charge in [0.2, 0.25) is 0 Å². The number of rotatable bonds is 10. The molecule has 100 valence electrons. The Morgan fingerprint density at radius 2 is 1.41 bits per heavy atom. The molecule has 1 aliphatic rings. The van der Waals surface area contributed by atoms with Crippen molar-refractivity contribution in [2.24, 2.45) is 5.92 Å². The van der Waals surface area contributed by atoms with E-state index in [0.717, 1.165) is 5.92 Å². The van der Waals surface area contributed by atoms with Crippen molar-refractivity contribution in [2.45, 2.75) is 77.0 Å². The highest BCUT2D eigenvalue weighted by molar-refractivity contribution is 9.09. The zero-order valence-corrected chi connectivity index (χ0v) is 12.9. The van der Waals surface area contributed by atoms with Gasteiger partial charge in [0.1, 0.15) is 0 Å². The molecule has 1 rings (SSSR count). The molecule has 1 fully saturated rings. The lowest BCUT2D eigenvalue weighted by Crippen LogP contribution is -1.85. The molecule has 1 aliphatic carbocycles. The van der Waals surface area contributed by atoms with Gasteiger partial charge in [-0.1, -0.05) is 73.0 Å². The minimum Gasteiger partial charge on any atom is -0.0928 e. The second kappa shape index (κ2) is 11.3. The van der Waals surface area contributed by atoms with Crippen LogP contribution in [0.4, 0.5) is 0 Å². The maximum atomic E-state index is 3.48. The summed E-state index contributed by atoms with van der Waals surface area (Å²) >= 11 is 3.48. The molecule has 0 spiro atoms. The van der Waals surface area contributed by atoms with E-state index in [1.165, 1.54) is 82.4 Å². The van der Waals surface area contributed by atoms with E-state index in [1.54, 1.807) is 0 Å². The molecule has 1 heteroatoms. The van der Waals surface area contributed by atoms with E-state index in [0.29, 0.717) is 0 Å². The fraction of sp³-hybridized carbons (Fsp3) is 0.875. The van der Waals surface area contributed by atoms with E-state index in [9.17, 15) is 0 Å². The van der Waals surface area contributed by atoms with Crippen LogP contribution in [-0.2, 0) is 0 Å². The molecule has 0 nitrogen and oxygen atoms in total. The zero-order valence-electron chi connectivity index (χ0n) is 11.3. The van der Waals surface area contributed by atoms with Crippen LogP contribution in [0.2, 0.25) is 0 Å². The summed E-state index contributed by atoms with van der Waals surface area (Å²) in [4.78, 5) is 0. The quantitative estimate of drug-likeness (QED) is 0.254. The Morgan fingerprint density at radius 1 is 0.824 bits per heavy atom. The van der Waals surface area contributed by atoms with Crippen LogP contribution in [-0.4, -0.2) is 5.33 Å². The summed E-state index contributed by atoms with van der Waals surface area (Å²) in [5.74, 6) is 0.930. The van der Waals surface area contributed by atoms with Crippen LogP contribution in [0.1, 0.15) is 77.0 Å². The normalized spacial score (nSPS) is 17.2. The number of unbranched alkanes of at least 4 members (excludes halogenated alkanes) is 7. The fourth-order valence-corrected chi connectivity index (χ4v) is 3.08. The van der Waals surface area contributed by atoms with Gasteiger partial charge in [0.25, 0.3) is 0 Å². The lowest BCUT2D eigenvalue weighted by atomic mass is 10.1. The second-order valence-corrected chi connectivity index (χ2v) is 6.22. The summed E-state index contributed by atoms with van der Waals surface area (Å²) in [5, 5.41) is 1.18. The van der Waals surface area contributed by atoms with Crippen LogP contribution in [0.15, 0.2) is 12.2 Å². The molecular weight excluding hydrogens is 272 g/mol. The molecule has 0 N–H and O–H groups in total. The topological polar surface area (TPSA) is 0 Å². The summed E-state index contributed by atoms with van der Waals surface area (Å²) in [6.45, 7) is 0. The Bertz CT molecular complexity index is 180. The van der Waals surface area contributed by atoms with Crippen LogP contribution in [0.3, 0.4) is 0 Å². The average Bonchev–Trinajstić information content (AvgIpc) is 2.85. The molecule has 17 heavy (non-hydrogen) atoms. The molecule has 0 bridgehead atoms. The van der Waals surface area contributed by atoms with Gasteiger partial charge in [0, 0.05) is 5.33 Å². The molecular formula is C16H29Br. The lowest BCUT2D eigenvalue weighted by molar-refractivity contribution is 0.592. The maximum absolute atomic E-state index is 3.48. The van der Waals surface area contributed by atoms with Crippen LogP contribution < -0.4 is 0 Å². The molecule has 0 atom stereocenters. The van der Waals surface area contributed by atoms with Gasteiger partial charge >= 0.3 is 0 Å². The summed E-state index contributed by atoms with van der Waals surface area (Å²) in [7, 11) is 0. The number of alkyl halides is 1. The zero-order chi connectivity index (χ0) is 12.2. The smallest absolute Gasteiger partial charge is 0.00313 e. The summed E-state index contributed by atoms with van der Waals surface area (Å²) in [6.07, 6.45) is 22.0. The van der Waals surface area contributed by atoms with Gasteiger partial charge in [-0.3, -0.25) is 0 Å². The fourth-order valence-electron chi connectivity index (χ4n) is 2.68. The molecule has 0 heterocycles. The van der Waals surface area contributed by atoms with Crippen molar-refractivity contribution in [3.8, 4) is 0 Å². The first-order valence-electron chi connectivity index (χ1n) is 7.66. The molecule has 0 aliphatic heterocycles. The lowest BCUT2D eigenvalue weighted by Gasteiger charge is -2.01. The van der Waals surface area contributed by atoms with Crippen LogP contribution in [0.25, 0.3) is 0 Å². The van der Waals surface area contributed by atoms with Gasteiger partial charge in [0.15, 0.2) is 0 Å². The molecule has 0 radical (unpaired) electrons. The monoisotopic (exact) mass is 300 g/mol. The molecule has 0 saturated heterocycles. The number of hydrogen-bond acceptors (Lipinski definition) is 0. The molecule has 0 aromatic heterocycles. The van der Waals surface area contributed by atoms with Crippen LogP contribution in [0.5, 0.6) is 0 Å². The first-order valence-corrected chi connectivity index (χ1v) is 8.78. The Balaban J connectivity index is 1.77. The summed E-state index contributed by atoms with van der Waals surface area (Å²) in [5.41, 5.74) is 0. The maximum Gasteiger partial charge on any atom is 0.00313 e. The standard InChI is InChI=1S/C16H29Br/c17-15-11-7-5-3-1-2-4-6-8-12-16-13-9-10-14-16/h8,12,16H,1-7,9-11,13-15H2. The number of hydrogen-bond donors (Lipinski definition) is 0. The molecule has 0 aromatic carbocycles. The van der Waals surface area contributed by atoms with E-state index in [-0.39, 0.29) is 0 Å². The highest BCUT2D eigenvalue weighted by Crippen LogP contribution is 2.25. The van der Waals surface area contributed by atoms with Crippen molar-refractivity contribution < 1.29 is 0 Å². The number of allylic oxidation sites excluding steroid dienone is 2. The first-order chi connectivity index (χ1) is 8.43. The van der Waals surface area contributed by atoms with Gasteiger partial charge in [-0.2, -0.15) is 0 Å². The Kier molecular flexibility index (Phi) is 10.2. The highest BCUT2D eigenvalue weighted by Gasteiger charge is 2.10. The Labute approximate surface area is 116 Å². The van der Waals surface area contributed by atoms with Gasteiger partial charge in [-0.25, -0.2) is 0 Å². The van der Waals surface area contributed by atoms with E-state index >= 15 is 0 Å². The first kappa shape index (κ1) is 15.3. The highest BCUT2D eigenvalue weighted by atomic mass is 79.9. The summed E-state index contributed by atoms with van der Waals surface area (Å²) < 4.78 is 0. The van der Waals surface area contributed by atoms with Crippen molar-refractivity contribution in [1.82, 2.24) is 0 Å². The van der Waals surface area contributed by atoms with E-state index in [1.807, 2.05) is 0 Å². The van der Waals surface area contributed by atoms with Crippen molar-refractivity contribution >= 4 is 15.9 Å². The average molecular weight is 301 g/mol. The predicted octanol–water partition coefficient (Wildman–Crippen LogP) is 6.25. The van der Waals surface area contributed by atoms with Crippen molar-refractivity contribution in [1.29, 1.82) is 0 Å². The SMILES string of the molecule is BrCCCCCCCCCC=CC1CCCC1. The van der Waals surface area contributed by atoms with E-state index < -0.39 is 0 Å². The third-order valence-electron chi connectivity index (χ3n) is 3.81. The van der Waals surface area contributed by atoms with Crippen molar-refractivity contribution in [3.63, 3.8) is 0 Å². The van der Waals surface area contributed by atoms with E-state index in [4.69, 9.17) is 0 Å². The third kappa shape index (κ3) is 8.88. The second-order valence-electron chi connectivity index (χ2n) is 5.43.